The van der Waals surface area contributed by atoms with Crippen molar-refractivity contribution in [2.45, 2.75) is 19.3 Å². The number of nitrogens with zero attached hydrogens (tertiary/aromatic N) is 1. The molecule has 248 valence electrons. The van der Waals surface area contributed by atoms with E-state index in [9.17, 15) is 0 Å². The van der Waals surface area contributed by atoms with Gasteiger partial charge in [0.25, 0.3) is 0 Å². The van der Waals surface area contributed by atoms with Crippen molar-refractivity contribution in [1.82, 2.24) is 0 Å². The zero-order valence-electron chi connectivity index (χ0n) is 29.5. The van der Waals surface area contributed by atoms with Crippen molar-refractivity contribution in [1.29, 1.82) is 0 Å². The molecule has 0 saturated heterocycles. The van der Waals surface area contributed by atoms with E-state index in [4.69, 9.17) is 0 Å². The molecule has 0 unspecified atom stereocenters. The monoisotopic (exact) mass is 665 g/mol. The van der Waals surface area contributed by atoms with Crippen molar-refractivity contribution in [3.63, 3.8) is 0 Å². The van der Waals surface area contributed by atoms with E-state index in [0.717, 1.165) is 17.1 Å². The summed E-state index contributed by atoms with van der Waals surface area (Å²) in [5.74, 6) is 0. The Balaban J connectivity index is 1.16. The highest BCUT2D eigenvalue weighted by Crippen LogP contribution is 2.50. The summed E-state index contributed by atoms with van der Waals surface area (Å²) in [6, 6.07) is 72.8. The van der Waals surface area contributed by atoms with Gasteiger partial charge in [-0.1, -0.05) is 172 Å². The van der Waals surface area contributed by atoms with Gasteiger partial charge in [0.2, 0.25) is 0 Å². The predicted octanol–water partition coefficient (Wildman–Crippen LogP) is 14.1. The first kappa shape index (κ1) is 31.5. The third-order valence-corrected chi connectivity index (χ3v) is 10.7. The molecule has 52 heavy (non-hydrogen) atoms. The Bertz CT molecular complexity index is 2500. The molecule has 9 rings (SSSR count). The van der Waals surface area contributed by atoms with Crippen molar-refractivity contribution in [3.8, 4) is 55.6 Å². The quantitative estimate of drug-likeness (QED) is 0.164. The minimum atomic E-state index is -0.0910. The first-order chi connectivity index (χ1) is 25.5. The largest absolute Gasteiger partial charge is 0.310 e. The fraction of sp³-hybridized carbons (Fsp3) is 0.0588. The maximum atomic E-state index is 2.41. The van der Waals surface area contributed by atoms with Crippen LogP contribution in [0.4, 0.5) is 17.1 Å². The second-order valence-electron chi connectivity index (χ2n) is 14.2. The van der Waals surface area contributed by atoms with Crippen molar-refractivity contribution in [2.24, 2.45) is 0 Å². The van der Waals surface area contributed by atoms with Crippen LogP contribution in [0.5, 0.6) is 0 Å². The predicted molar refractivity (Wildman–Crippen MR) is 220 cm³/mol. The minimum absolute atomic E-state index is 0.0910. The normalized spacial score (nSPS) is 12.6. The topological polar surface area (TPSA) is 3.24 Å². The molecule has 1 aliphatic carbocycles. The van der Waals surface area contributed by atoms with E-state index in [1.165, 1.54) is 66.8 Å². The van der Waals surface area contributed by atoms with Crippen LogP contribution in [0.1, 0.15) is 25.0 Å². The molecule has 8 aromatic carbocycles. The molecule has 0 aromatic heterocycles. The molecule has 0 atom stereocenters. The van der Waals surface area contributed by atoms with Crippen LogP contribution >= 0.6 is 0 Å². The molecular formula is C51H39N. The summed E-state index contributed by atoms with van der Waals surface area (Å²) in [6.07, 6.45) is 0. The summed E-state index contributed by atoms with van der Waals surface area (Å²) in [4.78, 5) is 2.40. The van der Waals surface area contributed by atoms with E-state index in [1.54, 1.807) is 0 Å². The average molecular weight is 666 g/mol. The van der Waals surface area contributed by atoms with Gasteiger partial charge in [0.1, 0.15) is 0 Å². The Morgan fingerprint density at radius 1 is 0.288 bits per heavy atom. The molecule has 0 spiro atoms. The van der Waals surface area contributed by atoms with Gasteiger partial charge in [-0.15, -0.1) is 0 Å². The summed E-state index contributed by atoms with van der Waals surface area (Å²) >= 11 is 0. The van der Waals surface area contributed by atoms with Crippen LogP contribution in [-0.2, 0) is 5.41 Å². The molecule has 0 heterocycles. The lowest BCUT2D eigenvalue weighted by Gasteiger charge is -2.28. The van der Waals surface area contributed by atoms with E-state index in [2.05, 4.69) is 219 Å². The third-order valence-electron chi connectivity index (χ3n) is 10.7. The first-order valence-corrected chi connectivity index (χ1v) is 18.1. The molecule has 0 saturated carbocycles. The fourth-order valence-corrected chi connectivity index (χ4v) is 7.96. The third kappa shape index (κ3) is 5.61. The second kappa shape index (κ2) is 13.0. The zero-order valence-corrected chi connectivity index (χ0v) is 29.5. The highest BCUT2D eigenvalue weighted by atomic mass is 15.1. The Morgan fingerprint density at radius 3 is 1.35 bits per heavy atom. The van der Waals surface area contributed by atoms with Gasteiger partial charge in [-0.2, -0.15) is 0 Å². The highest BCUT2D eigenvalue weighted by Gasteiger charge is 2.35. The van der Waals surface area contributed by atoms with Gasteiger partial charge in [-0.25, -0.2) is 0 Å². The van der Waals surface area contributed by atoms with Gasteiger partial charge in [0.05, 0.1) is 0 Å². The molecule has 0 N–H and O–H groups in total. The lowest BCUT2D eigenvalue weighted by atomic mass is 9.82. The van der Waals surface area contributed by atoms with Crippen LogP contribution in [0.2, 0.25) is 0 Å². The zero-order chi connectivity index (χ0) is 35.1. The molecule has 8 aromatic rings. The van der Waals surface area contributed by atoms with Crippen LogP contribution in [0.3, 0.4) is 0 Å². The van der Waals surface area contributed by atoms with E-state index in [0.29, 0.717) is 0 Å². The van der Waals surface area contributed by atoms with Crippen molar-refractivity contribution in [3.05, 3.63) is 211 Å². The molecule has 0 bridgehead atoms. The molecule has 0 radical (unpaired) electrons. The number of benzene rings is 8. The van der Waals surface area contributed by atoms with Crippen molar-refractivity contribution in [2.75, 3.05) is 4.90 Å². The Morgan fingerprint density at radius 2 is 0.712 bits per heavy atom. The Hall–Kier alpha value is -6.44. The number of hydrogen-bond donors (Lipinski definition) is 0. The fourth-order valence-electron chi connectivity index (χ4n) is 7.96. The lowest BCUT2D eigenvalue weighted by molar-refractivity contribution is 0.660. The van der Waals surface area contributed by atoms with Crippen LogP contribution in [0.15, 0.2) is 200 Å². The number of rotatable bonds is 7. The van der Waals surface area contributed by atoms with Gasteiger partial charge in [0, 0.05) is 22.5 Å². The highest BCUT2D eigenvalue weighted by molar-refractivity contribution is 5.89. The summed E-state index contributed by atoms with van der Waals surface area (Å²) in [5.41, 5.74) is 18.4. The van der Waals surface area contributed by atoms with Crippen molar-refractivity contribution < 1.29 is 0 Å². The lowest BCUT2D eigenvalue weighted by Crippen LogP contribution is -2.16. The number of hydrogen-bond acceptors (Lipinski definition) is 1. The van der Waals surface area contributed by atoms with Gasteiger partial charge >= 0.3 is 0 Å². The van der Waals surface area contributed by atoms with Gasteiger partial charge < -0.3 is 4.90 Å². The Labute approximate surface area is 307 Å². The van der Waals surface area contributed by atoms with Crippen LogP contribution < -0.4 is 4.90 Å². The van der Waals surface area contributed by atoms with Gasteiger partial charge in [-0.05, 0) is 109 Å². The first-order valence-electron chi connectivity index (χ1n) is 18.1. The van der Waals surface area contributed by atoms with Crippen molar-refractivity contribution >= 4 is 17.1 Å². The molecule has 0 aliphatic heterocycles. The number of anilines is 3. The van der Waals surface area contributed by atoms with E-state index < -0.39 is 0 Å². The summed E-state index contributed by atoms with van der Waals surface area (Å²) < 4.78 is 0. The average Bonchev–Trinajstić information content (AvgIpc) is 3.45. The SMILES string of the molecule is CC1(C)c2ccccc2-c2ccc(N(c3ccc(-c4ccccc4)cc3)c3ccc(-c4cc(-c5ccccc5)ccc4-c4ccccc4)cc3)cc21. The molecule has 1 heteroatoms. The van der Waals surface area contributed by atoms with Crippen LogP contribution in [-0.4, -0.2) is 0 Å². The van der Waals surface area contributed by atoms with Gasteiger partial charge in [-0.3, -0.25) is 0 Å². The summed E-state index contributed by atoms with van der Waals surface area (Å²) in [7, 11) is 0. The van der Waals surface area contributed by atoms with E-state index in [1.807, 2.05) is 0 Å². The van der Waals surface area contributed by atoms with E-state index in [-0.39, 0.29) is 5.41 Å². The number of fused-ring (bicyclic) bond motifs is 3. The standard InChI is InChI=1S/C51H39N/c1-51(2)49-21-13-12-20-46(49)47-33-31-44(35-50(47)51)52(42-27-22-38(23-28-42)36-14-6-3-7-15-36)43-29-24-40(25-30-43)48-34-41(37-16-8-4-9-17-37)26-32-45(48)39-18-10-5-11-19-39/h3-35H,1-2H3. The van der Waals surface area contributed by atoms with Crippen LogP contribution in [0, 0.1) is 0 Å². The van der Waals surface area contributed by atoms with Crippen LogP contribution in [0.25, 0.3) is 55.6 Å². The van der Waals surface area contributed by atoms with Gasteiger partial charge in [0.15, 0.2) is 0 Å². The maximum Gasteiger partial charge on any atom is 0.0465 e. The molecule has 0 fully saturated rings. The molecule has 1 nitrogen and oxygen atoms in total. The molecular weight excluding hydrogens is 627 g/mol. The second-order valence-corrected chi connectivity index (χ2v) is 14.2. The minimum Gasteiger partial charge on any atom is -0.310 e. The maximum absolute atomic E-state index is 2.41. The smallest absolute Gasteiger partial charge is 0.0465 e. The molecule has 0 amide bonds. The molecule has 1 aliphatic rings. The Kier molecular flexibility index (Phi) is 7.90. The summed E-state index contributed by atoms with van der Waals surface area (Å²) in [6.45, 7) is 4.70. The van der Waals surface area contributed by atoms with E-state index >= 15 is 0 Å². The summed E-state index contributed by atoms with van der Waals surface area (Å²) in [5, 5.41) is 0.